The first kappa shape index (κ1) is 9.82. The van der Waals surface area contributed by atoms with Crippen molar-refractivity contribution in [2.24, 2.45) is 5.92 Å². The number of Topliss-reactive ketones (excluding diaryl/α,β-unsaturated/α-hetero) is 2. The molecule has 1 saturated carbocycles. The average molecular weight is 218 g/mol. The molecule has 0 bridgehead atoms. The Labute approximate surface area is 93.8 Å². The Morgan fingerprint density at radius 2 is 2.19 bits per heavy atom. The summed E-state index contributed by atoms with van der Waals surface area (Å²) in [7, 11) is 0. The quantitative estimate of drug-likeness (QED) is 0.672. The molecule has 3 rings (SSSR count). The third-order valence-corrected chi connectivity index (χ3v) is 4.17. The number of hydrogen-bond donors (Lipinski definition) is 0. The lowest BCUT2D eigenvalue weighted by molar-refractivity contribution is -0.119. The van der Waals surface area contributed by atoms with E-state index in [0.717, 1.165) is 17.7 Å². The van der Waals surface area contributed by atoms with Gasteiger partial charge in [-0.3, -0.25) is 9.59 Å². The van der Waals surface area contributed by atoms with Crippen molar-refractivity contribution >= 4 is 11.6 Å². The van der Waals surface area contributed by atoms with Crippen LogP contribution in [0.1, 0.15) is 48.7 Å². The fraction of sp³-hybridized carbons (Fsp3) is 0.538. The Kier molecular flexibility index (Phi) is 1.88. The Morgan fingerprint density at radius 1 is 1.38 bits per heavy atom. The van der Waals surface area contributed by atoms with Gasteiger partial charge in [0.15, 0.2) is 5.78 Å². The van der Waals surface area contributed by atoms with E-state index < -0.39 is 0 Å². The molecular formula is C13H14O3. The predicted molar refractivity (Wildman–Crippen MR) is 57.4 cm³/mol. The van der Waals surface area contributed by atoms with Gasteiger partial charge in [-0.25, -0.2) is 0 Å². The molecule has 0 aromatic carbocycles. The van der Waals surface area contributed by atoms with Gasteiger partial charge < -0.3 is 4.42 Å². The van der Waals surface area contributed by atoms with Crippen LogP contribution in [0, 0.1) is 5.92 Å². The van der Waals surface area contributed by atoms with Gasteiger partial charge in [-0.05, 0) is 18.9 Å². The smallest absolute Gasteiger partial charge is 0.170 e. The second-order valence-electron chi connectivity index (χ2n) is 5.08. The van der Waals surface area contributed by atoms with Crippen LogP contribution >= 0.6 is 0 Å². The zero-order valence-corrected chi connectivity index (χ0v) is 9.29. The van der Waals surface area contributed by atoms with Crippen LogP contribution in [0.3, 0.4) is 0 Å². The van der Waals surface area contributed by atoms with Gasteiger partial charge >= 0.3 is 0 Å². The van der Waals surface area contributed by atoms with Crippen LogP contribution in [0.5, 0.6) is 0 Å². The molecule has 0 saturated heterocycles. The van der Waals surface area contributed by atoms with Crippen molar-refractivity contribution in [2.45, 2.75) is 38.0 Å². The summed E-state index contributed by atoms with van der Waals surface area (Å²) in [6, 6.07) is 1.76. The summed E-state index contributed by atoms with van der Waals surface area (Å²) in [6.07, 6.45) is 4.11. The molecule has 84 valence electrons. The van der Waals surface area contributed by atoms with Gasteiger partial charge in [-0.1, -0.05) is 6.92 Å². The summed E-state index contributed by atoms with van der Waals surface area (Å²) in [5, 5.41) is 0. The lowest BCUT2D eigenvalue weighted by Gasteiger charge is -2.27. The zero-order valence-electron chi connectivity index (χ0n) is 9.29. The van der Waals surface area contributed by atoms with Gasteiger partial charge in [0.05, 0.1) is 11.8 Å². The highest BCUT2D eigenvalue weighted by Gasteiger charge is 2.52. The summed E-state index contributed by atoms with van der Waals surface area (Å²) in [6.45, 7) is 2.06. The Balaban J connectivity index is 2.10. The summed E-state index contributed by atoms with van der Waals surface area (Å²) in [5.41, 5.74) is 0.490. The number of rotatable bonds is 0. The highest BCUT2D eigenvalue weighted by molar-refractivity contribution is 6.03. The molecule has 3 heteroatoms. The Hall–Kier alpha value is -1.38. The first-order valence-electron chi connectivity index (χ1n) is 5.77. The topological polar surface area (TPSA) is 47.3 Å². The zero-order chi connectivity index (χ0) is 11.3. The van der Waals surface area contributed by atoms with Crippen LogP contribution in [0.15, 0.2) is 16.7 Å². The maximum atomic E-state index is 12.2. The first-order chi connectivity index (χ1) is 7.63. The molecule has 3 nitrogen and oxygen atoms in total. The molecular weight excluding hydrogens is 204 g/mol. The average Bonchev–Trinajstić information content (AvgIpc) is 2.76. The molecule has 0 aliphatic heterocycles. The van der Waals surface area contributed by atoms with Crippen LogP contribution in [0.25, 0.3) is 0 Å². The number of ketones is 2. The fourth-order valence-corrected chi connectivity index (χ4v) is 3.15. The van der Waals surface area contributed by atoms with Crippen molar-refractivity contribution in [3.8, 4) is 0 Å². The minimum absolute atomic E-state index is 0.0473. The third-order valence-electron chi connectivity index (χ3n) is 4.17. The standard InChI is InChI=1S/C13H14O3/c1-13-6-4-8(14)2-3-10(13)11(15)9-5-7-16-12(9)13/h5,7,10H,2-4,6H2,1H3/t10-,13-/m0/s1. The highest BCUT2D eigenvalue weighted by Crippen LogP contribution is 2.49. The SMILES string of the molecule is C[C@]12CCC(=O)CC[C@H]1C(=O)c1ccoc12. The molecule has 0 N–H and O–H groups in total. The molecule has 1 heterocycles. The van der Waals surface area contributed by atoms with Crippen LogP contribution in [0.2, 0.25) is 0 Å². The molecule has 2 atom stereocenters. The van der Waals surface area contributed by atoms with Crippen molar-refractivity contribution in [2.75, 3.05) is 0 Å². The lowest BCUT2D eigenvalue weighted by Crippen LogP contribution is -2.29. The van der Waals surface area contributed by atoms with E-state index in [9.17, 15) is 9.59 Å². The van der Waals surface area contributed by atoms with Gasteiger partial charge in [0.1, 0.15) is 11.5 Å². The second kappa shape index (κ2) is 3.06. The van der Waals surface area contributed by atoms with Crippen LogP contribution < -0.4 is 0 Å². The largest absolute Gasteiger partial charge is 0.468 e. The highest BCUT2D eigenvalue weighted by atomic mass is 16.3. The van der Waals surface area contributed by atoms with E-state index in [1.807, 2.05) is 0 Å². The fourth-order valence-electron chi connectivity index (χ4n) is 3.15. The first-order valence-corrected chi connectivity index (χ1v) is 5.77. The summed E-state index contributed by atoms with van der Waals surface area (Å²) < 4.78 is 5.48. The van der Waals surface area contributed by atoms with Crippen molar-refractivity contribution in [1.82, 2.24) is 0 Å². The summed E-state index contributed by atoms with van der Waals surface area (Å²) >= 11 is 0. The molecule has 0 radical (unpaired) electrons. The van der Waals surface area contributed by atoms with Gasteiger partial charge in [-0.15, -0.1) is 0 Å². The van der Waals surface area contributed by atoms with Crippen molar-refractivity contribution in [3.63, 3.8) is 0 Å². The molecule has 2 aliphatic carbocycles. The minimum Gasteiger partial charge on any atom is -0.468 e. The number of furan rings is 1. The summed E-state index contributed by atoms with van der Waals surface area (Å²) in [5.74, 6) is 1.20. The Morgan fingerprint density at radius 3 is 3.00 bits per heavy atom. The van der Waals surface area contributed by atoms with Crippen molar-refractivity contribution in [1.29, 1.82) is 0 Å². The van der Waals surface area contributed by atoms with Crippen LogP contribution in [0.4, 0.5) is 0 Å². The van der Waals surface area contributed by atoms with E-state index in [4.69, 9.17) is 4.42 Å². The number of hydrogen-bond acceptors (Lipinski definition) is 3. The van der Waals surface area contributed by atoms with E-state index in [1.165, 1.54) is 0 Å². The molecule has 0 unspecified atom stereocenters. The van der Waals surface area contributed by atoms with E-state index in [1.54, 1.807) is 12.3 Å². The normalized spacial score (nSPS) is 33.4. The third kappa shape index (κ3) is 1.09. The second-order valence-corrected chi connectivity index (χ2v) is 5.08. The van der Waals surface area contributed by atoms with Gasteiger partial charge in [0, 0.05) is 24.2 Å². The molecule has 2 aliphatic rings. The Bertz CT molecular complexity index is 471. The monoisotopic (exact) mass is 218 g/mol. The molecule has 1 aromatic rings. The molecule has 16 heavy (non-hydrogen) atoms. The van der Waals surface area contributed by atoms with Gasteiger partial charge in [0.2, 0.25) is 0 Å². The van der Waals surface area contributed by atoms with Crippen molar-refractivity contribution in [3.05, 3.63) is 23.7 Å². The van der Waals surface area contributed by atoms with E-state index >= 15 is 0 Å². The molecule has 1 fully saturated rings. The molecule has 1 aromatic heterocycles. The lowest BCUT2D eigenvalue weighted by atomic mass is 9.75. The van der Waals surface area contributed by atoms with Crippen molar-refractivity contribution < 1.29 is 14.0 Å². The van der Waals surface area contributed by atoms with E-state index in [2.05, 4.69) is 6.92 Å². The molecule has 0 amide bonds. The maximum absolute atomic E-state index is 12.2. The number of carbonyl (C=O) groups excluding carboxylic acids is 2. The maximum Gasteiger partial charge on any atom is 0.170 e. The van der Waals surface area contributed by atoms with Crippen LogP contribution in [-0.2, 0) is 10.2 Å². The minimum atomic E-state index is -0.248. The number of carbonyl (C=O) groups is 2. The van der Waals surface area contributed by atoms with E-state index in [-0.39, 0.29) is 22.9 Å². The number of fused-ring (bicyclic) bond motifs is 3. The summed E-state index contributed by atoms with van der Waals surface area (Å²) in [4.78, 5) is 23.7. The van der Waals surface area contributed by atoms with Crippen LogP contribution in [-0.4, -0.2) is 11.6 Å². The molecule has 0 spiro atoms. The van der Waals surface area contributed by atoms with E-state index in [0.29, 0.717) is 19.3 Å². The predicted octanol–water partition coefficient (Wildman–Crippen LogP) is 2.49. The van der Waals surface area contributed by atoms with Gasteiger partial charge in [0.25, 0.3) is 0 Å². The van der Waals surface area contributed by atoms with Gasteiger partial charge in [-0.2, -0.15) is 0 Å².